The zero-order valence-corrected chi connectivity index (χ0v) is 11.7. The minimum atomic E-state index is -4.72. The Morgan fingerprint density at radius 3 is 2.52 bits per heavy atom. The first kappa shape index (κ1) is 17.7. The fourth-order valence-corrected chi connectivity index (χ4v) is 1.74. The van der Waals surface area contributed by atoms with E-state index in [1.54, 1.807) is 0 Å². The van der Waals surface area contributed by atoms with Gasteiger partial charge in [0.2, 0.25) is 0 Å². The monoisotopic (exact) mass is 325 g/mol. The molecule has 0 aliphatic carbocycles. The second-order valence-corrected chi connectivity index (χ2v) is 5.15. The number of aromatic nitrogens is 2. The fourth-order valence-electron chi connectivity index (χ4n) is 1.38. The molecular weight excluding hydrogens is 309 g/mol. The van der Waals surface area contributed by atoms with E-state index in [1.165, 1.54) is 12.3 Å². The van der Waals surface area contributed by atoms with Gasteiger partial charge in [0, 0.05) is 6.20 Å². The number of rotatable bonds is 8. The molecule has 12 heteroatoms. The highest BCUT2D eigenvalue weighted by molar-refractivity contribution is 7.46. The largest absolute Gasteiger partial charge is 0.469 e. The number of phosphoric acid groups is 1. The molecule has 0 aliphatic heterocycles. The number of phosphoric ester groups is 1. The van der Waals surface area contributed by atoms with Crippen LogP contribution in [0.15, 0.2) is 17.1 Å². The summed E-state index contributed by atoms with van der Waals surface area (Å²) in [5.41, 5.74) is 4.53. The third-order valence-electron chi connectivity index (χ3n) is 2.30. The van der Waals surface area contributed by atoms with Crippen LogP contribution in [0.3, 0.4) is 0 Å². The zero-order chi connectivity index (χ0) is 16.0. The number of aliphatic hydroxyl groups excluding tert-OH is 2. The summed E-state index contributed by atoms with van der Waals surface area (Å²) in [5, 5.41) is 18.3. The van der Waals surface area contributed by atoms with Crippen molar-refractivity contribution in [2.75, 3.05) is 25.6 Å². The molecule has 2 atom stereocenters. The zero-order valence-electron chi connectivity index (χ0n) is 10.8. The van der Waals surface area contributed by atoms with Gasteiger partial charge >= 0.3 is 13.5 Å². The van der Waals surface area contributed by atoms with Crippen LogP contribution in [0.1, 0.15) is 6.23 Å². The predicted molar refractivity (Wildman–Crippen MR) is 69.0 cm³/mol. The highest BCUT2D eigenvalue weighted by Gasteiger charge is 2.22. The number of aliphatic hydroxyl groups is 2. The van der Waals surface area contributed by atoms with Crippen LogP contribution >= 0.6 is 7.82 Å². The van der Waals surface area contributed by atoms with E-state index >= 15 is 0 Å². The van der Waals surface area contributed by atoms with Gasteiger partial charge in [0.1, 0.15) is 11.9 Å². The van der Waals surface area contributed by atoms with Gasteiger partial charge in [-0.15, -0.1) is 0 Å². The van der Waals surface area contributed by atoms with E-state index in [0.717, 1.165) is 4.57 Å². The van der Waals surface area contributed by atoms with E-state index < -0.39 is 45.7 Å². The van der Waals surface area contributed by atoms with Gasteiger partial charge in [-0.3, -0.25) is 9.09 Å². The van der Waals surface area contributed by atoms with E-state index in [4.69, 9.17) is 25.4 Å². The van der Waals surface area contributed by atoms with Gasteiger partial charge in [0.25, 0.3) is 0 Å². The molecule has 0 saturated heterocycles. The maximum Gasteiger partial charge on any atom is 0.469 e. The van der Waals surface area contributed by atoms with Crippen LogP contribution in [0.2, 0.25) is 0 Å². The number of ether oxygens (including phenoxy) is 1. The van der Waals surface area contributed by atoms with Gasteiger partial charge < -0.3 is 30.5 Å². The van der Waals surface area contributed by atoms with Crippen LogP contribution in [0.4, 0.5) is 5.82 Å². The van der Waals surface area contributed by atoms with Crippen molar-refractivity contribution in [1.29, 1.82) is 0 Å². The molecule has 120 valence electrons. The van der Waals surface area contributed by atoms with Crippen LogP contribution < -0.4 is 11.4 Å². The minimum Gasteiger partial charge on any atom is -0.394 e. The Morgan fingerprint density at radius 2 is 2.05 bits per heavy atom. The van der Waals surface area contributed by atoms with Gasteiger partial charge in [0.05, 0.1) is 19.8 Å². The minimum absolute atomic E-state index is 0.0171. The van der Waals surface area contributed by atoms with Crippen LogP contribution in [0.25, 0.3) is 0 Å². The molecule has 0 aliphatic rings. The smallest absolute Gasteiger partial charge is 0.394 e. The lowest BCUT2D eigenvalue weighted by Gasteiger charge is -2.23. The molecule has 1 aromatic rings. The number of hydrogen-bond donors (Lipinski definition) is 5. The Balaban J connectivity index is 2.79. The quantitative estimate of drug-likeness (QED) is 0.329. The summed E-state index contributed by atoms with van der Waals surface area (Å²) in [7, 11) is -4.72. The molecule has 0 amide bonds. The lowest BCUT2D eigenvalue weighted by Crippen LogP contribution is -2.35. The molecule has 1 rings (SSSR count). The molecule has 0 unspecified atom stereocenters. The SMILES string of the molecule is Nc1ccn([C@@H](CO)O[C@@H](CO)COP(=O)(O)O)c(=O)n1. The highest BCUT2D eigenvalue weighted by atomic mass is 31.2. The van der Waals surface area contributed by atoms with Gasteiger partial charge in [-0.1, -0.05) is 0 Å². The summed E-state index contributed by atoms with van der Waals surface area (Å²) in [4.78, 5) is 32.2. The molecule has 0 radical (unpaired) electrons. The average molecular weight is 325 g/mol. The molecule has 21 heavy (non-hydrogen) atoms. The summed E-state index contributed by atoms with van der Waals surface area (Å²) in [6.45, 7) is -1.92. The molecule has 1 aromatic heterocycles. The first-order valence-electron chi connectivity index (χ1n) is 5.68. The molecule has 11 nitrogen and oxygen atoms in total. The summed E-state index contributed by atoms with van der Waals surface area (Å²) in [6.07, 6.45) is -1.16. The van der Waals surface area contributed by atoms with E-state index in [9.17, 15) is 14.5 Å². The maximum atomic E-state index is 11.6. The Bertz CT molecular complexity index is 558. The molecule has 1 heterocycles. The molecule has 6 N–H and O–H groups in total. The standard InChI is InChI=1S/C9H16N3O8P/c10-7-1-2-12(9(15)11-7)8(4-14)20-6(3-13)5-19-21(16,17)18/h1-2,6,8,13-14H,3-5H2,(H2,10,11,15)(H2,16,17,18)/t6-,8+/m0/s1. The fraction of sp³-hybridized carbons (Fsp3) is 0.556. The molecule has 0 bridgehead atoms. The number of anilines is 1. The van der Waals surface area contributed by atoms with E-state index in [2.05, 4.69) is 9.51 Å². The highest BCUT2D eigenvalue weighted by Crippen LogP contribution is 2.36. The molecule has 0 spiro atoms. The Labute approximate surface area is 118 Å². The van der Waals surface area contributed by atoms with E-state index in [-0.39, 0.29) is 5.82 Å². The molecule has 0 fully saturated rings. The number of nitrogen functional groups attached to an aromatic ring is 1. The Kier molecular flexibility index (Phi) is 6.42. The van der Waals surface area contributed by atoms with Crippen molar-refractivity contribution in [2.45, 2.75) is 12.3 Å². The van der Waals surface area contributed by atoms with Gasteiger partial charge in [-0.25, -0.2) is 9.36 Å². The van der Waals surface area contributed by atoms with Crippen molar-refractivity contribution in [3.05, 3.63) is 22.7 Å². The number of hydrogen-bond acceptors (Lipinski definition) is 8. The van der Waals surface area contributed by atoms with Crippen LogP contribution in [-0.4, -0.2) is 55.5 Å². The number of nitrogens with zero attached hydrogens (tertiary/aromatic N) is 2. The van der Waals surface area contributed by atoms with Crippen molar-refractivity contribution in [2.24, 2.45) is 0 Å². The summed E-state index contributed by atoms with van der Waals surface area (Å²) in [5.74, 6) is -0.0171. The van der Waals surface area contributed by atoms with E-state index in [1.807, 2.05) is 0 Å². The first-order valence-corrected chi connectivity index (χ1v) is 7.21. The Morgan fingerprint density at radius 1 is 1.38 bits per heavy atom. The van der Waals surface area contributed by atoms with Crippen molar-refractivity contribution < 1.29 is 33.8 Å². The van der Waals surface area contributed by atoms with E-state index in [0.29, 0.717) is 0 Å². The second kappa shape index (κ2) is 7.61. The normalized spacial score (nSPS) is 14.9. The topological polar surface area (TPSA) is 177 Å². The second-order valence-electron chi connectivity index (χ2n) is 3.91. The van der Waals surface area contributed by atoms with Crippen molar-refractivity contribution in [1.82, 2.24) is 9.55 Å². The number of nitrogens with two attached hydrogens (primary N) is 1. The van der Waals surface area contributed by atoms with Gasteiger partial charge in [-0.05, 0) is 6.07 Å². The Hall–Kier alpha value is -1.33. The summed E-state index contributed by atoms with van der Waals surface area (Å²) >= 11 is 0. The summed E-state index contributed by atoms with van der Waals surface area (Å²) in [6, 6.07) is 1.30. The summed E-state index contributed by atoms with van der Waals surface area (Å²) < 4.78 is 20.8. The molecule has 0 saturated carbocycles. The predicted octanol–water partition coefficient (Wildman–Crippen LogP) is -2.20. The van der Waals surface area contributed by atoms with Gasteiger partial charge in [-0.2, -0.15) is 4.98 Å². The lowest BCUT2D eigenvalue weighted by molar-refractivity contribution is -0.112. The molecular formula is C9H16N3O8P. The van der Waals surface area contributed by atoms with Crippen molar-refractivity contribution in [3.63, 3.8) is 0 Å². The van der Waals surface area contributed by atoms with Crippen LogP contribution in [0.5, 0.6) is 0 Å². The van der Waals surface area contributed by atoms with Gasteiger partial charge in [0.15, 0.2) is 6.23 Å². The maximum absolute atomic E-state index is 11.6. The average Bonchev–Trinajstić information content (AvgIpc) is 2.39. The molecule has 0 aromatic carbocycles. The third-order valence-corrected chi connectivity index (χ3v) is 2.79. The van der Waals surface area contributed by atoms with Crippen molar-refractivity contribution in [3.8, 4) is 0 Å². The van der Waals surface area contributed by atoms with Crippen LogP contribution in [0, 0.1) is 0 Å². The third kappa shape index (κ3) is 5.89. The lowest BCUT2D eigenvalue weighted by atomic mass is 10.4. The first-order chi connectivity index (χ1) is 9.76. The van der Waals surface area contributed by atoms with Crippen LogP contribution in [-0.2, 0) is 13.8 Å². The van der Waals surface area contributed by atoms with Crippen molar-refractivity contribution >= 4 is 13.6 Å².